The van der Waals surface area contributed by atoms with Crippen LogP contribution in [0.4, 0.5) is 10.1 Å². The highest BCUT2D eigenvalue weighted by Crippen LogP contribution is 2.28. The topological polar surface area (TPSA) is 53.1 Å². The molecule has 2 aliphatic rings. The van der Waals surface area contributed by atoms with Gasteiger partial charge in [0.15, 0.2) is 0 Å². The van der Waals surface area contributed by atoms with Crippen LogP contribution in [-0.4, -0.2) is 67.5 Å². The summed E-state index contributed by atoms with van der Waals surface area (Å²) in [5, 5.41) is 0. The number of anilines is 1. The van der Waals surface area contributed by atoms with Crippen molar-refractivity contribution in [1.82, 2.24) is 9.80 Å². The van der Waals surface area contributed by atoms with Gasteiger partial charge in [-0.15, -0.1) is 0 Å². The summed E-state index contributed by atoms with van der Waals surface area (Å²) in [6.45, 7) is 4.47. The molecule has 0 spiro atoms. The molecule has 0 unspecified atom stereocenters. The van der Waals surface area contributed by atoms with Crippen LogP contribution in [0.3, 0.4) is 0 Å². The van der Waals surface area contributed by atoms with Crippen LogP contribution in [0.15, 0.2) is 54.6 Å². The molecule has 1 atom stereocenters. The van der Waals surface area contributed by atoms with E-state index in [9.17, 15) is 14.0 Å². The van der Waals surface area contributed by atoms with E-state index in [1.807, 2.05) is 35.2 Å². The van der Waals surface area contributed by atoms with Crippen molar-refractivity contribution in [1.29, 1.82) is 0 Å². The fourth-order valence-corrected chi connectivity index (χ4v) is 4.04. The lowest BCUT2D eigenvalue weighted by Crippen LogP contribution is -2.51. The Morgan fingerprint density at radius 1 is 1.00 bits per heavy atom. The van der Waals surface area contributed by atoms with Gasteiger partial charge in [-0.05, 0) is 24.3 Å². The summed E-state index contributed by atoms with van der Waals surface area (Å²) in [6, 6.07) is 15.9. The third kappa shape index (κ3) is 4.62. The predicted molar refractivity (Wildman–Crippen MR) is 112 cm³/mol. The van der Waals surface area contributed by atoms with Gasteiger partial charge in [-0.1, -0.05) is 30.3 Å². The summed E-state index contributed by atoms with van der Waals surface area (Å²) in [4.78, 5) is 30.8. The fraction of sp³-hybridized carbons (Fsp3) is 0.391. The molecule has 0 aromatic heterocycles. The molecule has 0 saturated carbocycles. The van der Waals surface area contributed by atoms with Crippen molar-refractivity contribution in [3.63, 3.8) is 0 Å². The number of piperazine rings is 1. The van der Waals surface area contributed by atoms with Gasteiger partial charge in [0.05, 0.1) is 11.6 Å². The largest absolute Gasteiger partial charge is 0.492 e. The van der Waals surface area contributed by atoms with Crippen LogP contribution in [0.5, 0.6) is 5.75 Å². The average molecular weight is 411 g/mol. The van der Waals surface area contributed by atoms with Crippen LogP contribution in [-0.2, 0) is 9.59 Å². The first-order valence-corrected chi connectivity index (χ1v) is 10.4. The number of halogens is 1. The molecule has 2 aromatic rings. The molecule has 0 radical (unpaired) electrons. The van der Waals surface area contributed by atoms with Crippen molar-refractivity contribution in [2.45, 2.75) is 6.42 Å². The van der Waals surface area contributed by atoms with E-state index < -0.39 is 11.7 Å². The molecule has 2 amide bonds. The second-order valence-corrected chi connectivity index (χ2v) is 7.69. The molecule has 0 N–H and O–H groups in total. The maximum Gasteiger partial charge on any atom is 0.228 e. The zero-order valence-electron chi connectivity index (χ0n) is 16.9. The van der Waals surface area contributed by atoms with Gasteiger partial charge in [-0.25, -0.2) is 4.39 Å². The molecule has 2 saturated heterocycles. The van der Waals surface area contributed by atoms with Crippen molar-refractivity contribution in [3.8, 4) is 5.75 Å². The number of carbonyl (C=O) groups excluding carboxylic acids is 2. The van der Waals surface area contributed by atoms with E-state index in [-0.39, 0.29) is 30.5 Å². The van der Waals surface area contributed by atoms with Crippen LogP contribution >= 0.6 is 0 Å². The molecule has 0 bridgehead atoms. The second-order valence-electron chi connectivity index (χ2n) is 7.69. The molecule has 2 aliphatic heterocycles. The number of carbonyl (C=O) groups is 2. The van der Waals surface area contributed by atoms with Gasteiger partial charge in [0.1, 0.15) is 18.2 Å². The Morgan fingerprint density at radius 2 is 1.70 bits per heavy atom. The number of para-hydroxylation sites is 2. The standard InChI is InChI=1S/C23H26FN3O3/c24-20-8-4-5-9-21(20)27-17-18(16-22(27)28)23(29)26-12-10-25(11-13-26)14-15-30-19-6-2-1-3-7-19/h1-9,18H,10-17H2/t18-/m0/s1. The molecule has 4 rings (SSSR count). The number of benzene rings is 2. The molecular weight excluding hydrogens is 385 g/mol. The van der Waals surface area contributed by atoms with Gasteiger partial charge in [0.2, 0.25) is 11.8 Å². The van der Waals surface area contributed by atoms with Gasteiger partial charge in [0.25, 0.3) is 0 Å². The van der Waals surface area contributed by atoms with E-state index >= 15 is 0 Å². The smallest absolute Gasteiger partial charge is 0.228 e. The summed E-state index contributed by atoms with van der Waals surface area (Å²) in [6.07, 6.45) is 0.137. The lowest BCUT2D eigenvalue weighted by Gasteiger charge is -2.35. The van der Waals surface area contributed by atoms with E-state index in [1.165, 1.54) is 11.0 Å². The number of hydrogen-bond acceptors (Lipinski definition) is 4. The van der Waals surface area contributed by atoms with Crippen molar-refractivity contribution in [2.75, 3.05) is 50.8 Å². The Balaban J connectivity index is 1.24. The summed E-state index contributed by atoms with van der Waals surface area (Å²) >= 11 is 0. The zero-order chi connectivity index (χ0) is 20.9. The lowest BCUT2D eigenvalue weighted by atomic mass is 10.1. The Bertz CT molecular complexity index is 884. The van der Waals surface area contributed by atoms with Gasteiger partial charge < -0.3 is 14.5 Å². The Kier molecular flexibility index (Phi) is 6.28. The van der Waals surface area contributed by atoms with E-state index in [0.717, 1.165) is 25.4 Å². The minimum atomic E-state index is -0.440. The molecule has 2 aromatic carbocycles. The highest BCUT2D eigenvalue weighted by atomic mass is 19.1. The minimum Gasteiger partial charge on any atom is -0.492 e. The van der Waals surface area contributed by atoms with E-state index in [0.29, 0.717) is 19.7 Å². The second kappa shape index (κ2) is 9.26. The summed E-state index contributed by atoms with van der Waals surface area (Å²) in [5.74, 6) is -0.204. The third-order valence-corrected chi connectivity index (χ3v) is 5.72. The SMILES string of the molecule is O=C([C@H]1CC(=O)N(c2ccccc2F)C1)N1CCN(CCOc2ccccc2)CC1. The fourth-order valence-electron chi connectivity index (χ4n) is 4.04. The highest BCUT2D eigenvalue weighted by molar-refractivity contribution is 6.00. The quantitative estimate of drug-likeness (QED) is 0.733. The Morgan fingerprint density at radius 3 is 2.43 bits per heavy atom. The number of rotatable bonds is 6. The molecular formula is C23H26FN3O3. The van der Waals surface area contributed by atoms with E-state index in [2.05, 4.69) is 4.90 Å². The lowest BCUT2D eigenvalue weighted by molar-refractivity contribution is -0.137. The Labute approximate surface area is 175 Å². The molecule has 2 heterocycles. The highest BCUT2D eigenvalue weighted by Gasteiger charge is 2.38. The molecule has 30 heavy (non-hydrogen) atoms. The van der Waals surface area contributed by atoms with Gasteiger partial charge in [0, 0.05) is 45.7 Å². The zero-order valence-corrected chi connectivity index (χ0v) is 16.9. The van der Waals surface area contributed by atoms with Crippen molar-refractivity contribution in [3.05, 3.63) is 60.4 Å². The van der Waals surface area contributed by atoms with Crippen molar-refractivity contribution >= 4 is 17.5 Å². The van der Waals surface area contributed by atoms with E-state index in [4.69, 9.17) is 4.74 Å². The van der Waals surface area contributed by atoms with E-state index in [1.54, 1.807) is 18.2 Å². The van der Waals surface area contributed by atoms with Crippen LogP contribution in [0.1, 0.15) is 6.42 Å². The van der Waals surface area contributed by atoms with Crippen LogP contribution in [0.25, 0.3) is 0 Å². The first-order valence-electron chi connectivity index (χ1n) is 10.4. The van der Waals surface area contributed by atoms with Gasteiger partial charge >= 0.3 is 0 Å². The number of ether oxygens (including phenoxy) is 1. The molecule has 158 valence electrons. The maximum absolute atomic E-state index is 14.0. The molecule has 0 aliphatic carbocycles. The predicted octanol–water partition coefficient (Wildman–Crippen LogP) is 2.40. The minimum absolute atomic E-state index is 0.0117. The van der Waals surface area contributed by atoms with Crippen molar-refractivity contribution < 1.29 is 18.7 Å². The Hall–Kier alpha value is -2.93. The maximum atomic E-state index is 14.0. The molecule has 7 heteroatoms. The van der Waals surface area contributed by atoms with Gasteiger partial charge in [-0.3, -0.25) is 14.5 Å². The molecule has 2 fully saturated rings. The van der Waals surface area contributed by atoms with Crippen LogP contribution in [0.2, 0.25) is 0 Å². The van der Waals surface area contributed by atoms with Crippen molar-refractivity contribution in [2.24, 2.45) is 5.92 Å². The number of nitrogens with zero attached hydrogens (tertiary/aromatic N) is 3. The normalized spacial score (nSPS) is 19.9. The third-order valence-electron chi connectivity index (χ3n) is 5.72. The summed E-state index contributed by atoms with van der Waals surface area (Å²) < 4.78 is 19.8. The number of amides is 2. The molecule has 6 nitrogen and oxygen atoms in total. The first-order chi connectivity index (χ1) is 14.6. The summed E-state index contributed by atoms with van der Waals surface area (Å²) in [7, 11) is 0. The monoisotopic (exact) mass is 411 g/mol. The van der Waals surface area contributed by atoms with Crippen LogP contribution < -0.4 is 9.64 Å². The van der Waals surface area contributed by atoms with Gasteiger partial charge in [-0.2, -0.15) is 0 Å². The van der Waals surface area contributed by atoms with Crippen LogP contribution in [0, 0.1) is 11.7 Å². The average Bonchev–Trinajstić information content (AvgIpc) is 3.16. The first kappa shape index (κ1) is 20.3. The summed E-state index contributed by atoms with van der Waals surface area (Å²) in [5.41, 5.74) is 0.251. The number of hydrogen-bond donors (Lipinski definition) is 0.